The summed E-state index contributed by atoms with van der Waals surface area (Å²) in [5.74, 6) is 1.82. The van der Waals surface area contributed by atoms with Crippen LogP contribution >= 0.6 is 0 Å². The van der Waals surface area contributed by atoms with Crippen molar-refractivity contribution in [2.45, 2.75) is 27.2 Å². The van der Waals surface area contributed by atoms with E-state index in [0.29, 0.717) is 0 Å². The summed E-state index contributed by atoms with van der Waals surface area (Å²) in [6.45, 7) is 12.0. The number of nitrogens with zero attached hydrogens (tertiary/aromatic N) is 5. The molecule has 1 saturated heterocycles. The predicted molar refractivity (Wildman–Crippen MR) is 116 cm³/mol. The van der Waals surface area contributed by atoms with Crippen LogP contribution in [0.25, 0.3) is 0 Å². The second kappa shape index (κ2) is 9.53. The molecule has 2 heterocycles. The van der Waals surface area contributed by atoms with Crippen LogP contribution < -0.4 is 10.2 Å². The third-order valence-electron chi connectivity index (χ3n) is 4.93. The van der Waals surface area contributed by atoms with E-state index in [9.17, 15) is 0 Å². The summed E-state index contributed by atoms with van der Waals surface area (Å²) in [5, 5.41) is 3.47. The van der Waals surface area contributed by atoms with E-state index in [1.807, 2.05) is 6.07 Å². The van der Waals surface area contributed by atoms with Crippen molar-refractivity contribution in [2.24, 2.45) is 10.4 Å². The molecule has 0 bridgehead atoms. The van der Waals surface area contributed by atoms with Gasteiger partial charge >= 0.3 is 0 Å². The van der Waals surface area contributed by atoms with E-state index in [-0.39, 0.29) is 5.41 Å². The van der Waals surface area contributed by atoms with Gasteiger partial charge in [0.1, 0.15) is 0 Å². The van der Waals surface area contributed by atoms with Crippen LogP contribution in [0.4, 0.5) is 5.95 Å². The molecule has 1 aliphatic heterocycles. The third-order valence-corrected chi connectivity index (χ3v) is 4.93. The normalized spacial score (nSPS) is 15.6. The number of hydrogen-bond acceptors (Lipinski definition) is 4. The number of rotatable bonds is 6. The molecule has 0 atom stereocenters. The van der Waals surface area contributed by atoms with Crippen LogP contribution in [0.5, 0.6) is 0 Å². The number of nitrogens with one attached hydrogen (secondary N) is 1. The standard InChI is InChI=1S/C22H32N6/c1-4-23-20(26-18-22(2,3)17-19-9-6-5-7-10-19)27-13-15-28(16-14-27)21-24-11-8-12-25-21/h5-12H,4,13-18H2,1-3H3,(H,23,26). The summed E-state index contributed by atoms with van der Waals surface area (Å²) >= 11 is 0. The monoisotopic (exact) mass is 380 g/mol. The van der Waals surface area contributed by atoms with Crippen LogP contribution in [0, 0.1) is 5.41 Å². The second-order valence-electron chi connectivity index (χ2n) is 8.02. The Bertz CT molecular complexity index is 736. The second-order valence-corrected chi connectivity index (χ2v) is 8.02. The third kappa shape index (κ3) is 5.68. The minimum atomic E-state index is 0.113. The molecule has 1 fully saturated rings. The first-order valence-electron chi connectivity index (χ1n) is 10.2. The highest BCUT2D eigenvalue weighted by Gasteiger charge is 2.23. The van der Waals surface area contributed by atoms with Gasteiger partial charge in [-0.15, -0.1) is 0 Å². The molecule has 1 aromatic heterocycles. The zero-order chi connectivity index (χ0) is 19.8. The Labute approximate surface area is 168 Å². The van der Waals surface area contributed by atoms with Crippen LogP contribution in [0.1, 0.15) is 26.3 Å². The first kappa shape index (κ1) is 20.1. The van der Waals surface area contributed by atoms with Crippen molar-refractivity contribution in [3.8, 4) is 0 Å². The van der Waals surface area contributed by atoms with Crippen molar-refractivity contribution in [2.75, 3.05) is 44.2 Å². The zero-order valence-corrected chi connectivity index (χ0v) is 17.3. The van der Waals surface area contributed by atoms with Gasteiger partial charge in [-0.3, -0.25) is 4.99 Å². The molecule has 0 saturated carbocycles. The van der Waals surface area contributed by atoms with Gasteiger partial charge in [0.25, 0.3) is 0 Å². The molecule has 0 amide bonds. The number of hydrogen-bond donors (Lipinski definition) is 1. The van der Waals surface area contributed by atoms with Crippen LogP contribution in [-0.4, -0.2) is 60.1 Å². The molecule has 6 nitrogen and oxygen atoms in total. The number of piperazine rings is 1. The highest BCUT2D eigenvalue weighted by Crippen LogP contribution is 2.22. The van der Waals surface area contributed by atoms with Crippen LogP contribution in [0.2, 0.25) is 0 Å². The number of aromatic nitrogens is 2. The maximum Gasteiger partial charge on any atom is 0.225 e. The fraction of sp³-hybridized carbons (Fsp3) is 0.500. The van der Waals surface area contributed by atoms with Gasteiger partial charge in [0.05, 0.1) is 0 Å². The number of guanidine groups is 1. The Balaban J connectivity index is 1.60. The molecule has 1 aromatic carbocycles. The Hall–Kier alpha value is -2.63. The van der Waals surface area contributed by atoms with Crippen LogP contribution in [-0.2, 0) is 6.42 Å². The van der Waals surface area contributed by atoms with E-state index >= 15 is 0 Å². The molecular weight excluding hydrogens is 348 g/mol. The fourth-order valence-electron chi connectivity index (χ4n) is 3.49. The van der Waals surface area contributed by atoms with E-state index < -0.39 is 0 Å². The van der Waals surface area contributed by atoms with Gasteiger partial charge in [-0.25, -0.2) is 9.97 Å². The molecule has 0 radical (unpaired) electrons. The lowest BCUT2D eigenvalue weighted by atomic mass is 9.86. The van der Waals surface area contributed by atoms with E-state index in [1.54, 1.807) is 12.4 Å². The number of aliphatic imine (C=N–C) groups is 1. The minimum absolute atomic E-state index is 0.113. The summed E-state index contributed by atoms with van der Waals surface area (Å²) < 4.78 is 0. The molecule has 0 spiro atoms. The number of benzene rings is 1. The Morgan fingerprint density at radius 2 is 1.71 bits per heavy atom. The largest absolute Gasteiger partial charge is 0.357 e. The molecule has 6 heteroatoms. The molecule has 2 aromatic rings. The lowest BCUT2D eigenvalue weighted by Gasteiger charge is -2.36. The van der Waals surface area contributed by atoms with Crippen molar-refractivity contribution in [3.05, 3.63) is 54.4 Å². The average Bonchev–Trinajstić information content (AvgIpc) is 2.72. The summed E-state index contributed by atoms with van der Waals surface area (Å²) in [6.07, 6.45) is 4.62. The van der Waals surface area contributed by atoms with Crippen molar-refractivity contribution in [1.29, 1.82) is 0 Å². The SMILES string of the molecule is CCNC(=NCC(C)(C)Cc1ccccc1)N1CCN(c2ncccn2)CC1. The maximum atomic E-state index is 4.98. The van der Waals surface area contributed by atoms with E-state index in [2.05, 4.69) is 76.2 Å². The molecule has 150 valence electrons. The molecule has 3 rings (SSSR count). The predicted octanol–water partition coefficient (Wildman–Crippen LogP) is 2.83. The molecule has 1 aliphatic rings. The maximum absolute atomic E-state index is 4.98. The quantitative estimate of drug-likeness (QED) is 0.617. The summed E-state index contributed by atoms with van der Waals surface area (Å²) in [6, 6.07) is 12.5. The van der Waals surface area contributed by atoms with Gasteiger partial charge in [0.2, 0.25) is 5.95 Å². The highest BCUT2D eigenvalue weighted by molar-refractivity contribution is 5.80. The Morgan fingerprint density at radius 3 is 2.36 bits per heavy atom. The number of anilines is 1. The van der Waals surface area contributed by atoms with E-state index in [0.717, 1.165) is 57.6 Å². The summed E-state index contributed by atoms with van der Waals surface area (Å²) in [5.41, 5.74) is 1.48. The van der Waals surface area contributed by atoms with Crippen LogP contribution in [0.15, 0.2) is 53.8 Å². The molecule has 0 aliphatic carbocycles. The first-order chi connectivity index (χ1) is 13.6. The van der Waals surface area contributed by atoms with Gasteiger partial charge in [-0.05, 0) is 30.4 Å². The molecule has 28 heavy (non-hydrogen) atoms. The molecular formula is C22H32N6. The van der Waals surface area contributed by atoms with Crippen LogP contribution in [0.3, 0.4) is 0 Å². The lowest BCUT2D eigenvalue weighted by molar-refractivity contribution is 0.352. The Morgan fingerprint density at radius 1 is 1.04 bits per heavy atom. The highest BCUT2D eigenvalue weighted by atomic mass is 15.4. The average molecular weight is 381 g/mol. The topological polar surface area (TPSA) is 56.7 Å². The van der Waals surface area contributed by atoms with Gasteiger partial charge in [-0.1, -0.05) is 44.2 Å². The van der Waals surface area contributed by atoms with Gasteiger partial charge in [0, 0.05) is 51.7 Å². The van der Waals surface area contributed by atoms with Crippen molar-refractivity contribution in [3.63, 3.8) is 0 Å². The summed E-state index contributed by atoms with van der Waals surface area (Å²) in [7, 11) is 0. The van der Waals surface area contributed by atoms with Crippen molar-refractivity contribution < 1.29 is 0 Å². The molecule has 0 unspecified atom stereocenters. The Kier molecular flexibility index (Phi) is 6.85. The van der Waals surface area contributed by atoms with E-state index in [1.165, 1.54) is 5.56 Å². The lowest BCUT2D eigenvalue weighted by Crippen LogP contribution is -2.53. The smallest absolute Gasteiger partial charge is 0.225 e. The summed E-state index contributed by atoms with van der Waals surface area (Å²) in [4.78, 5) is 18.3. The van der Waals surface area contributed by atoms with Gasteiger partial charge in [0.15, 0.2) is 5.96 Å². The molecule has 1 N–H and O–H groups in total. The van der Waals surface area contributed by atoms with Crippen molar-refractivity contribution in [1.82, 2.24) is 20.2 Å². The first-order valence-corrected chi connectivity index (χ1v) is 10.2. The fourth-order valence-corrected chi connectivity index (χ4v) is 3.49. The van der Waals surface area contributed by atoms with Crippen molar-refractivity contribution >= 4 is 11.9 Å². The van der Waals surface area contributed by atoms with Gasteiger partial charge < -0.3 is 15.1 Å². The van der Waals surface area contributed by atoms with Gasteiger partial charge in [-0.2, -0.15) is 0 Å². The zero-order valence-electron chi connectivity index (χ0n) is 17.3. The van der Waals surface area contributed by atoms with E-state index in [4.69, 9.17) is 4.99 Å². The minimum Gasteiger partial charge on any atom is -0.357 e.